The summed E-state index contributed by atoms with van der Waals surface area (Å²) in [6, 6.07) is 7.62. The Kier molecular flexibility index (Phi) is 6.56. The van der Waals surface area contributed by atoms with E-state index in [4.69, 9.17) is 9.84 Å². The third-order valence-corrected chi connectivity index (χ3v) is 2.79. The van der Waals surface area contributed by atoms with Gasteiger partial charge in [0.1, 0.15) is 5.75 Å². The van der Waals surface area contributed by atoms with E-state index in [0.717, 1.165) is 11.3 Å². The predicted molar refractivity (Wildman–Crippen MR) is 75.7 cm³/mol. The summed E-state index contributed by atoms with van der Waals surface area (Å²) < 4.78 is 5.45. The van der Waals surface area contributed by atoms with Crippen LogP contribution in [0.15, 0.2) is 24.3 Å². The van der Waals surface area contributed by atoms with Crippen molar-refractivity contribution in [3.05, 3.63) is 29.8 Å². The smallest absolute Gasteiger partial charge is 0.303 e. The lowest BCUT2D eigenvalue weighted by molar-refractivity contribution is -0.138. The first-order valence-corrected chi connectivity index (χ1v) is 6.65. The van der Waals surface area contributed by atoms with Crippen molar-refractivity contribution < 1.29 is 19.4 Å². The number of aliphatic carboxylic acids is 1. The fraction of sp³-hybridized carbons (Fsp3) is 0.467. The minimum Gasteiger partial charge on any atom is -0.493 e. The van der Waals surface area contributed by atoms with Gasteiger partial charge in [0.05, 0.1) is 13.0 Å². The molecular weight excluding hydrogens is 258 g/mol. The van der Waals surface area contributed by atoms with Gasteiger partial charge >= 0.3 is 5.97 Å². The van der Waals surface area contributed by atoms with E-state index < -0.39 is 5.97 Å². The van der Waals surface area contributed by atoms with Crippen LogP contribution < -0.4 is 10.1 Å². The van der Waals surface area contributed by atoms with E-state index in [-0.39, 0.29) is 24.7 Å². The second kappa shape index (κ2) is 8.19. The molecular formula is C15H21NO4. The SMILES string of the molecule is Cc1ccc(OCCC(=O)NCC(C)CC(=O)O)cc1. The van der Waals surface area contributed by atoms with Crippen molar-refractivity contribution in [2.75, 3.05) is 13.2 Å². The van der Waals surface area contributed by atoms with Crippen molar-refractivity contribution in [1.29, 1.82) is 0 Å². The highest BCUT2D eigenvalue weighted by Gasteiger charge is 2.09. The molecule has 1 atom stereocenters. The van der Waals surface area contributed by atoms with Crippen molar-refractivity contribution in [3.8, 4) is 5.75 Å². The zero-order valence-corrected chi connectivity index (χ0v) is 11.9. The lowest BCUT2D eigenvalue weighted by atomic mass is 10.1. The van der Waals surface area contributed by atoms with Crippen LogP contribution in [0.4, 0.5) is 0 Å². The van der Waals surface area contributed by atoms with Crippen molar-refractivity contribution in [3.63, 3.8) is 0 Å². The van der Waals surface area contributed by atoms with E-state index in [0.29, 0.717) is 13.2 Å². The van der Waals surface area contributed by atoms with Gasteiger partial charge in [-0.3, -0.25) is 9.59 Å². The summed E-state index contributed by atoms with van der Waals surface area (Å²) in [5, 5.41) is 11.3. The largest absolute Gasteiger partial charge is 0.493 e. The number of carbonyl (C=O) groups excluding carboxylic acids is 1. The molecule has 1 amide bonds. The molecule has 0 fully saturated rings. The number of hydrogen-bond acceptors (Lipinski definition) is 3. The molecule has 0 radical (unpaired) electrons. The van der Waals surface area contributed by atoms with Crippen LogP contribution >= 0.6 is 0 Å². The van der Waals surface area contributed by atoms with Gasteiger partial charge in [0, 0.05) is 13.0 Å². The third-order valence-electron chi connectivity index (χ3n) is 2.79. The molecule has 0 heterocycles. The van der Waals surface area contributed by atoms with Crippen LogP contribution in [0.2, 0.25) is 0 Å². The number of aryl methyl sites for hydroxylation is 1. The zero-order valence-electron chi connectivity index (χ0n) is 11.9. The summed E-state index contributed by atoms with van der Waals surface area (Å²) in [6.45, 7) is 4.46. The van der Waals surface area contributed by atoms with Gasteiger partial charge < -0.3 is 15.2 Å². The average molecular weight is 279 g/mol. The van der Waals surface area contributed by atoms with Crippen LogP contribution in [0.3, 0.4) is 0 Å². The van der Waals surface area contributed by atoms with Crippen LogP contribution in [0.1, 0.15) is 25.3 Å². The summed E-state index contributed by atoms with van der Waals surface area (Å²) in [5.41, 5.74) is 1.16. The molecule has 0 aliphatic rings. The number of carboxylic acids is 1. The summed E-state index contributed by atoms with van der Waals surface area (Å²) in [7, 11) is 0. The molecule has 0 aromatic heterocycles. The van der Waals surface area contributed by atoms with E-state index >= 15 is 0 Å². The van der Waals surface area contributed by atoms with Crippen molar-refractivity contribution in [2.45, 2.75) is 26.7 Å². The molecule has 1 unspecified atom stereocenters. The van der Waals surface area contributed by atoms with Crippen LogP contribution in [0.25, 0.3) is 0 Å². The first kappa shape index (κ1) is 16.0. The monoisotopic (exact) mass is 279 g/mol. The third kappa shape index (κ3) is 6.78. The first-order chi connectivity index (χ1) is 9.47. The van der Waals surface area contributed by atoms with Crippen molar-refractivity contribution in [1.82, 2.24) is 5.32 Å². The summed E-state index contributed by atoms with van der Waals surface area (Å²) >= 11 is 0. The van der Waals surface area contributed by atoms with Gasteiger partial charge in [0.2, 0.25) is 5.91 Å². The topological polar surface area (TPSA) is 75.6 Å². The molecule has 0 aliphatic heterocycles. The predicted octanol–water partition coefficient (Wildman–Crippen LogP) is 1.99. The van der Waals surface area contributed by atoms with Gasteiger partial charge in [-0.05, 0) is 25.0 Å². The quantitative estimate of drug-likeness (QED) is 0.763. The Morgan fingerprint density at radius 2 is 1.95 bits per heavy atom. The maximum atomic E-state index is 11.5. The highest BCUT2D eigenvalue weighted by molar-refractivity contribution is 5.76. The standard InChI is InChI=1S/C15H21NO4/c1-11-3-5-13(6-4-11)20-8-7-14(17)16-10-12(2)9-15(18)19/h3-6,12H,7-10H2,1-2H3,(H,16,17)(H,18,19). The van der Waals surface area contributed by atoms with Crippen molar-refractivity contribution >= 4 is 11.9 Å². The Hall–Kier alpha value is -2.04. The Bertz CT molecular complexity index is 442. The second-order valence-corrected chi connectivity index (χ2v) is 4.92. The lowest BCUT2D eigenvalue weighted by Gasteiger charge is -2.11. The van der Waals surface area contributed by atoms with Crippen LogP contribution in [-0.2, 0) is 9.59 Å². The minimum absolute atomic E-state index is 0.0557. The van der Waals surface area contributed by atoms with E-state index in [2.05, 4.69) is 5.32 Å². The molecule has 0 saturated carbocycles. The molecule has 1 aromatic carbocycles. The Morgan fingerprint density at radius 3 is 2.55 bits per heavy atom. The molecule has 1 aromatic rings. The van der Waals surface area contributed by atoms with E-state index in [9.17, 15) is 9.59 Å². The second-order valence-electron chi connectivity index (χ2n) is 4.92. The number of carbonyl (C=O) groups is 2. The summed E-state index contributed by atoms with van der Waals surface area (Å²) in [6.07, 6.45) is 0.313. The van der Waals surface area contributed by atoms with Gasteiger partial charge in [0.25, 0.3) is 0 Å². The molecule has 110 valence electrons. The van der Waals surface area contributed by atoms with Crippen LogP contribution in [0.5, 0.6) is 5.75 Å². The van der Waals surface area contributed by atoms with Gasteiger partial charge in [-0.25, -0.2) is 0 Å². The Balaban J connectivity index is 2.17. The molecule has 0 spiro atoms. The number of nitrogens with one attached hydrogen (secondary N) is 1. The fourth-order valence-corrected chi connectivity index (χ4v) is 1.64. The van der Waals surface area contributed by atoms with Gasteiger partial charge in [-0.2, -0.15) is 0 Å². The number of amides is 1. The van der Waals surface area contributed by atoms with Gasteiger partial charge in [-0.15, -0.1) is 0 Å². The lowest BCUT2D eigenvalue weighted by Crippen LogP contribution is -2.30. The normalized spacial score (nSPS) is 11.7. The molecule has 5 nitrogen and oxygen atoms in total. The van der Waals surface area contributed by atoms with Gasteiger partial charge in [0.15, 0.2) is 0 Å². The van der Waals surface area contributed by atoms with Gasteiger partial charge in [-0.1, -0.05) is 24.6 Å². The molecule has 0 bridgehead atoms. The molecule has 5 heteroatoms. The minimum atomic E-state index is -0.852. The molecule has 20 heavy (non-hydrogen) atoms. The number of rotatable bonds is 8. The van der Waals surface area contributed by atoms with Crippen molar-refractivity contribution in [2.24, 2.45) is 5.92 Å². The number of hydrogen-bond donors (Lipinski definition) is 2. The Morgan fingerprint density at radius 1 is 1.30 bits per heavy atom. The highest BCUT2D eigenvalue weighted by atomic mass is 16.5. The zero-order chi connectivity index (χ0) is 15.0. The molecule has 0 saturated heterocycles. The van der Waals surface area contributed by atoms with Crippen LogP contribution in [0, 0.1) is 12.8 Å². The summed E-state index contributed by atoms with van der Waals surface area (Å²) in [4.78, 5) is 22.0. The number of benzene rings is 1. The highest BCUT2D eigenvalue weighted by Crippen LogP contribution is 2.11. The maximum absolute atomic E-state index is 11.5. The first-order valence-electron chi connectivity index (χ1n) is 6.65. The van der Waals surface area contributed by atoms with E-state index in [1.807, 2.05) is 31.2 Å². The number of carboxylic acid groups (broad SMARTS) is 1. The molecule has 0 aliphatic carbocycles. The average Bonchev–Trinajstić information content (AvgIpc) is 2.38. The van der Waals surface area contributed by atoms with E-state index in [1.54, 1.807) is 6.92 Å². The Labute approximate surface area is 118 Å². The summed E-state index contributed by atoms with van der Waals surface area (Å²) in [5.74, 6) is -0.319. The maximum Gasteiger partial charge on any atom is 0.303 e. The fourth-order valence-electron chi connectivity index (χ4n) is 1.64. The number of ether oxygens (including phenoxy) is 1. The molecule has 2 N–H and O–H groups in total. The van der Waals surface area contributed by atoms with E-state index in [1.165, 1.54) is 0 Å². The molecule has 1 rings (SSSR count). The van der Waals surface area contributed by atoms with Crippen LogP contribution in [-0.4, -0.2) is 30.1 Å².